The van der Waals surface area contributed by atoms with E-state index in [2.05, 4.69) is 174 Å². The summed E-state index contributed by atoms with van der Waals surface area (Å²) in [6, 6.07) is 75.0. The van der Waals surface area contributed by atoms with E-state index < -0.39 is 0 Å². The van der Waals surface area contributed by atoms with Crippen LogP contribution < -0.4 is 70.5 Å². The summed E-state index contributed by atoms with van der Waals surface area (Å²) in [6.45, 7) is 6.31. The summed E-state index contributed by atoms with van der Waals surface area (Å²) in [6.07, 6.45) is 5.86. The number of pyridine rings is 1. The lowest BCUT2D eigenvalue weighted by atomic mass is 9.33. The van der Waals surface area contributed by atoms with Crippen molar-refractivity contribution in [1.82, 2.24) is 14.1 Å². The van der Waals surface area contributed by atoms with E-state index in [1.165, 1.54) is 5.56 Å². The van der Waals surface area contributed by atoms with E-state index >= 15 is 0 Å². The maximum Gasteiger partial charge on any atom is 0.270 e. The number of benzene rings is 11. The third kappa shape index (κ3) is 6.84. The van der Waals surface area contributed by atoms with Crippen LogP contribution >= 0.6 is 0 Å². The van der Waals surface area contributed by atoms with Crippen LogP contribution in [0.4, 0.5) is 0 Å². The van der Waals surface area contributed by atoms with Crippen LogP contribution in [0.5, 0.6) is 80.5 Å². The van der Waals surface area contributed by atoms with Crippen molar-refractivity contribution in [1.29, 1.82) is 0 Å². The Kier molecular flexibility index (Phi) is 9.65. The van der Waals surface area contributed by atoms with Gasteiger partial charge in [0.25, 0.3) is 19.8 Å². The van der Waals surface area contributed by atoms with Crippen molar-refractivity contribution in [3.63, 3.8) is 0 Å². The molecule has 0 saturated heterocycles. The molecule has 6 aliphatic heterocycles. The highest BCUT2D eigenvalue weighted by Gasteiger charge is 2.49. The van der Waals surface area contributed by atoms with Crippen LogP contribution in [0.25, 0.3) is 72.3 Å². The van der Waals surface area contributed by atoms with Gasteiger partial charge in [0, 0.05) is 66.9 Å². The van der Waals surface area contributed by atoms with E-state index in [1.807, 2.05) is 91.1 Å². The van der Waals surface area contributed by atoms with Gasteiger partial charge < -0.3 is 33.2 Å². The molecule has 0 aliphatic carbocycles. The molecule has 89 heavy (non-hydrogen) atoms. The zero-order valence-corrected chi connectivity index (χ0v) is 48.2. The molecule has 0 spiro atoms. The molecule has 11 nitrogen and oxygen atoms in total. The van der Waals surface area contributed by atoms with E-state index in [0.29, 0.717) is 23.0 Å². The number of hydrogen-bond acceptors (Lipinski definition) is 8. The summed E-state index contributed by atoms with van der Waals surface area (Å²) in [4.78, 5) is 4.93. The highest BCUT2D eigenvalue weighted by Crippen LogP contribution is 2.50. The number of ether oxygens (including phenoxy) is 7. The highest BCUT2D eigenvalue weighted by molar-refractivity contribution is 7.00. The van der Waals surface area contributed by atoms with Crippen molar-refractivity contribution in [2.24, 2.45) is 0 Å². The van der Waals surface area contributed by atoms with Crippen molar-refractivity contribution in [3.8, 4) is 120 Å². The van der Waals surface area contributed by atoms with Crippen molar-refractivity contribution in [2.75, 3.05) is 0 Å². The molecule has 0 radical (unpaired) electrons. The van der Waals surface area contributed by atoms with Gasteiger partial charge >= 0.3 is 0 Å². The zero-order chi connectivity index (χ0) is 58.5. The molecular formula is C76H46B2N4O7. The largest absolute Gasteiger partial charge is 0.458 e. The second-order valence-electron chi connectivity index (χ2n) is 24.6. The van der Waals surface area contributed by atoms with Gasteiger partial charge in [0.15, 0.2) is 0 Å². The fourth-order valence-corrected chi connectivity index (χ4v) is 14.8. The number of nitrogens with zero attached hydrogens (tertiary/aromatic N) is 4. The number of hydrogen-bond donors (Lipinski definition) is 0. The number of para-hydroxylation sites is 4. The smallest absolute Gasteiger partial charge is 0.270 e. The van der Waals surface area contributed by atoms with Gasteiger partial charge in [0.1, 0.15) is 86.3 Å². The standard InChI is InChI=1S/C76H46B2N4O7/c1-76(2,3)42-36-37-79-66(38-42)82-52-19-5-4-16-46(52)47-31-30-45(40-55(47)82)83-44-15-8-14-43(39-44)80-41-81(54-21-7-6-20-53(54)80)73-48(50-32-34-64-71-74(50)88-62-28-12-26-60-69(62)77(71)67-56(84-60)22-10-24-58(67)86-64)17-9-18-49(73)51-33-35-65-72-75(51)89-63-29-13-27-61-70(63)78(72)68-57(85-61)23-11-25-59(68)87-65/h4-40H,1-3H3. The van der Waals surface area contributed by atoms with Gasteiger partial charge in [-0.3, -0.25) is 13.7 Å². The van der Waals surface area contributed by atoms with Crippen LogP contribution in [0.3, 0.4) is 0 Å². The first-order chi connectivity index (χ1) is 43.7. The first-order valence-corrected chi connectivity index (χ1v) is 30.0. The molecular weight excluding hydrogens is 1100 g/mol. The summed E-state index contributed by atoms with van der Waals surface area (Å²) in [5, 5.41) is 2.26. The molecule has 418 valence electrons. The van der Waals surface area contributed by atoms with E-state index in [0.717, 1.165) is 163 Å². The fourth-order valence-electron chi connectivity index (χ4n) is 14.8. The first-order valence-electron chi connectivity index (χ1n) is 30.0. The molecule has 13 heteroatoms. The normalized spacial score (nSPS) is 13.6. The predicted octanol–water partition coefficient (Wildman–Crippen LogP) is 14.3. The third-order valence-corrected chi connectivity index (χ3v) is 18.7. The Morgan fingerprint density at radius 3 is 1.49 bits per heavy atom. The SMILES string of the molecule is CC(C)(C)c1ccnc(-n2c3ccccc3c3ccc(Oc4cccc(-n5[c-][n+](-c6c(-c7ccc8c9c7Oc7cccc%10c7B9c7c(cccc7O8)O%10)cccc6-c6ccc7c8c6Oc6cccc9c6B8c6c(cccc6O7)O9)c6ccccc65)c4)cc32)c1. The Bertz CT molecular complexity index is 5270. The molecule has 0 unspecified atom stereocenters. The van der Waals surface area contributed by atoms with Gasteiger partial charge in [0.05, 0.1) is 33.4 Å². The Hall–Kier alpha value is -11.4. The van der Waals surface area contributed by atoms with Gasteiger partial charge in [0.2, 0.25) is 0 Å². The van der Waals surface area contributed by atoms with Crippen molar-refractivity contribution < 1.29 is 37.7 Å². The number of aromatic nitrogens is 4. The molecule has 0 N–H and O–H groups in total. The van der Waals surface area contributed by atoms with E-state index in [-0.39, 0.29) is 18.8 Å². The van der Waals surface area contributed by atoms with Crippen LogP contribution in [0, 0.1) is 6.33 Å². The van der Waals surface area contributed by atoms with Gasteiger partial charge in [-0.15, -0.1) is 0 Å². The maximum absolute atomic E-state index is 7.26. The Morgan fingerprint density at radius 1 is 0.416 bits per heavy atom. The molecule has 0 fully saturated rings. The summed E-state index contributed by atoms with van der Waals surface area (Å²) in [7, 11) is 0. The maximum atomic E-state index is 7.26. The average molecular weight is 1150 g/mol. The summed E-state index contributed by atoms with van der Waals surface area (Å²) < 4.78 is 54.8. The molecule has 20 rings (SSSR count). The van der Waals surface area contributed by atoms with Gasteiger partial charge in [-0.1, -0.05) is 112 Å². The fraction of sp³-hybridized carbons (Fsp3) is 0.0526. The van der Waals surface area contributed by atoms with Gasteiger partial charge in [-0.05, 0) is 143 Å². The highest BCUT2D eigenvalue weighted by atomic mass is 16.5. The topological polar surface area (TPSA) is 91.2 Å². The van der Waals surface area contributed by atoms with E-state index in [4.69, 9.17) is 38.1 Å². The monoisotopic (exact) mass is 1150 g/mol. The summed E-state index contributed by atoms with van der Waals surface area (Å²) in [5.41, 5.74) is 16.2. The Balaban J connectivity index is 0.780. The molecule has 0 saturated carbocycles. The van der Waals surface area contributed by atoms with Gasteiger partial charge in [-0.25, -0.2) is 4.98 Å². The Morgan fingerprint density at radius 2 is 0.910 bits per heavy atom. The van der Waals surface area contributed by atoms with Crippen LogP contribution in [0.1, 0.15) is 26.3 Å². The van der Waals surface area contributed by atoms with Crippen molar-refractivity contribution >= 4 is 79.0 Å². The van der Waals surface area contributed by atoms with Crippen LogP contribution in [-0.2, 0) is 5.41 Å². The van der Waals surface area contributed by atoms with Crippen molar-refractivity contribution in [2.45, 2.75) is 26.2 Å². The Labute approximate surface area is 510 Å². The second kappa shape index (κ2) is 17.6. The zero-order valence-electron chi connectivity index (χ0n) is 48.2. The van der Waals surface area contributed by atoms with Gasteiger partial charge in [-0.2, -0.15) is 0 Å². The summed E-state index contributed by atoms with van der Waals surface area (Å²) >= 11 is 0. The molecule has 3 aromatic heterocycles. The summed E-state index contributed by atoms with van der Waals surface area (Å²) in [5.74, 6) is 11.2. The lowest BCUT2D eigenvalue weighted by molar-refractivity contribution is -0.571. The number of imidazole rings is 1. The second-order valence-corrected chi connectivity index (χ2v) is 24.6. The minimum atomic E-state index is -0.193. The lowest BCUT2D eigenvalue weighted by Gasteiger charge is -2.38. The minimum absolute atomic E-state index is 0.0569. The molecule has 0 bridgehead atoms. The number of rotatable bonds is 7. The van der Waals surface area contributed by atoms with Crippen LogP contribution in [-0.4, -0.2) is 27.5 Å². The lowest BCUT2D eigenvalue weighted by Crippen LogP contribution is -2.59. The minimum Gasteiger partial charge on any atom is -0.458 e. The average Bonchev–Trinajstić information content (AvgIpc) is 1.44. The molecule has 0 atom stereocenters. The third-order valence-electron chi connectivity index (χ3n) is 18.7. The van der Waals surface area contributed by atoms with E-state index in [9.17, 15) is 0 Å². The molecule has 6 aliphatic rings. The molecule has 0 amide bonds. The molecule has 9 heterocycles. The van der Waals surface area contributed by atoms with Crippen LogP contribution in [0.2, 0.25) is 0 Å². The molecule has 11 aromatic carbocycles. The van der Waals surface area contributed by atoms with Crippen LogP contribution in [0.15, 0.2) is 225 Å². The number of fused-ring (bicyclic) bond motifs is 4. The molecule has 14 aromatic rings. The predicted molar refractivity (Wildman–Crippen MR) is 347 cm³/mol. The first kappa shape index (κ1) is 48.8. The quantitative estimate of drug-likeness (QED) is 0.0885. The van der Waals surface area contributed by atoms with Crippen molar-refractivity contribution in [3.05, 3.63) is 236 Å². The van der Waals surface area contributed by atoms with E-state index in [1.54, 1.807) is 0 Å².